The molecule has 0 aliphatic carbocycles. The quantitative estimate of drug-likeness (QED) is 0.599. The Kier molecular flexibility index (Phi) is 5.35. The highest BCUT2D eigenvalue weighted by atomic mass is 32.2. The molecule has 6 heteroatoms. The fourth-order valence-electron chi connectivity index (χ4n) is 2.42. The number of rotatable bonds is 5. The highest BCUT2D eigenvalue weighted by Crippen LogP contribution is 2.31. The monoisotopic (exact) mass is 360 g/mol. The lowest BCUT2D eigenvalue weighted by Gasteiger charge is -2.15. The van der Waals surface area contributed by atoms with Crippen molar-refractivity contribution in [1.82, 2.24) is 9.88 Å². The summed E-state index contributed by atoms with van der Waals surface area (Å²) in [6.45, 7) is 0.500. The van der Waals surface area contributed by atoms with Gasteiger partial charge in [0.05, 0.1) is 11.8 Å². The van der Waals surface area contributed by atoms with E-state index in [1.54, 1.807) is 29.1 Å². The number of benzene rings is 1. The van der Waals surface area contributed by atoms with E-state index in [1.165, 1.54) is 22.2 Å². The second-order valence-electron chi connectivity index (χ2n) is 5.21. The van der Waals surface area contributed by atoms with Crippen LogP contribution in [0.5, 0.6) is 0 Å². The summed E-state index contributed by atoms with van der Waals surface area (Å²) in [6.07, 6.45) is 6.26. The molecule has 118 valence electrons. The summed E-state index contributed by atoms with van der Waals surface area (Å²) in [7, 11) is 0. The van der Waals surface area contributed by atoms with Crippen LogP contribution in [0.1, 0.15) is 11.1 Å². The Balaban J connectivity index is 1.68. The number of carbonyl (C=O) groups excluding carboxylic acids is 1. The van der Waals surface area contributed by atoms with Crippen molar-refractivity contribution in [2.45, 2.75) is 23.1 Å². The molecule has 2 aromatic rings. The standard InChI is InChI=1S/C17H16N2OS3/c1-22-14-6-4-12(5-7-14)9-15-16(20)19(17(21)23-15)11-13-3-2-8-18-10-13/h2-8,10,15H,9,11H2,1H3/t15-/m1/s1. The lowest BCUT2D eigenvalue weighted by Crippen LogP contribution is -2.31. The third kappa shape index (κ3) is 3.94. The summed E-state index contributed by atoms with van der Waals surface area (Å²) in [5, 5.41) is -0.126. The molecule has 0 N–H and O–H groups in total. The van der Waals surface area contributed by atoms with Gasteiger partial charge in [0.25, 0.3) is 0 Å². The van der Waals surface area contributed by atoms with Crippen LogP contribution in [0, 0.1) is 0 Å². The van der Waals surface area contributed by atoms with E-state index in [2.05, 4.69) is 35.5 Å². The second-order valence-corrected chi connectivity index (χ2v) is 7.93. The maximum atomic E-state index is 12.6. The van der Waals surface area contributed by atoms with E-state index in [0.29, 0.717) is 17.3 Å². The zero-order valence-electron chi connectivity index (χ0n) is 12.6. The predicted molar refractivity (Wildman–Crippen MR) is 101 cm³/mol. The number of nitrogens with zero attached hydrogens (tertiary/aromatic N) is 2. The molecule has 3 nitrogen and oxygen atoms in total. The van der Waals surface area contributed by atoms with Crippen molar-refractivity contribution in [2.24, 2.45) is 0 Å². The summed E-state index contributed by atoms with van der Waals surface area (Å²) in [6, 6.07) is 12.2. The third-order valence-corrected chi connectivity index (χ3v) is 5.98. The summed E-state index contributed by atoms with van der Waals surface area (Å²) < 4.78 is 0.657. The number of carbonyl (C=O) groups is 1. The first-order valence-electron chi connectivity index (χ1n) is 7.21. The minimum absolute atomic E-state index is 0.0952. The normalized spacial score (nSPS) is 17.8. The number of aromatic nitrogens is 1. The van der Waals surface area contributed by atoms with Crippen LogP contribution in [-0.2, 0) is 17.8 Å². The Morgan fingerprint density at radius 2 is 2.04 bits per heavy atom. The maximum Gasteiger partial charge on any atom is 0.242 e. The number of pyridine rings is 1. The molecule has 1 atom stereocenters. The van der Waals surface area contributed by atoms with E-state index in [9.17, 15) is 4.79 Å². The third-order valence-electron chi connectivity index (χ3n) is 3.65. The van der Waals surface area contributed by atoms with Crippen LogP contribution in [-0.4, -0.2) is 31.6 Å². The van der Waals surface area contributed by atoms with Gasteiger partial charge in [0.2, 0.25) is 5.91 Å². The second kappa shape index (κ2) is 7.47. The molecule has 0 bridgehead atoms. The molecule has 2 heterocycles. The lowest BCUT2D eigenvalue weighted by atomic mass is 10.1. The average Bonchev–Trinajstić information content (AvgIpc) is 2.84. The first kappa shape index (κ1) is 16.5. The Morgan fingerprint density at radius 3 is 2.70 bits per heavy atom. The number of hydrogen-bond donors (Lipinski definition) is 0. The van der Waals surface area contributed by atoms with Gasteiger partial charge in [-0.2, -0.15) is 0 Å². The van der Waals surface area contributed by atoms with Crippen molar-refractivity contribution in [2.75, 3.05) is 6.26 Å². The molecule has 0 radical (unpaired) electrons. The first-order valence-corrected chi connectivity index (χ1v) is 9.72. The maximum absolute atomic E-state index is 12.6. The van der Waals surface area contributed by atoms with Crippen molar-refractivity contribution in [3.63, 3.8) is 0 Å². The van der Waals surface area contributed by atoms with Crippen LogP contribution in [0.3, 0.4) is 0 Å². The van der Waals surface area contributed by atoms with Gasteiger partial charge >= 0.3 is 0 Å². The number of thiocarbonyl (C=S) groups is 1. The molecule has 1 aromatic heterocycles. The summed E-state index contributed by atoms with van der Waals surface area (Å²) in [5.74, 6) is 0.0952. The van der Waals surface area contributed by atoms with E-state index < -0.39 is 0 Å². The molecule has 23 heavy (non-hydrogen) atoms. The molecule has 3 rings (SSSR count). The molecule has 1 aliphatic rings. The van der Waals surface area contributed by atoms with Gasteiger partial charge in [-0.3, -0.25) is 14.7 Å². The molecule has 1 saturated heterocycles. The fourth-order valence-corrected chi connectivity index (χ4v) is 4.36. The van der Waals surface area contributed by atoms with Gasteiger partial charge in [-0.05, 0) is 42.0 Å². The van der Waals surface area contributed by atoms with Crippen LogP contribution in [0.4, 0.5) is 0 Å². The lowest BCUT2D eigenvalue weighted by molar-refractivity contribution is -0.126. The summed E-state index contributed by atoms with van der Waals surface area (Å²) in [5.41, 5.74) is 2.16. The molecular formula is C17H16N2OS3. The molecule has 1 aliphatic heterocycles. The number of amides is 1. The van der Waals surface area contributed by atoms with E-state index >= 15 is 0 Å². The van der Waals surface area contributed by atoms with E-state index in [4.69, 9.17) is 12.2 Å². The van der Waals surface area contributed by atoms with Gasteiger partial charge in [-0.25, -0.2) is 0 Å². The minimum atomic E-state index is -0.126. The van der Waals surface area contributed by atoms with Gasteiger partial charge in [0, 0.05) is 17.3 Å². The number of thioether (sulfide) groups is 2. The van der Waals surface area contributed by atoms with Crippen LogP contribution >= 0.6 is 35.7 Å². The van der Waals surface area contributed by atoms with Crippen molar-refractivity contribution >= 4 is 46.0 Å². The Morgan fingerprint density at radius 1 is 1.26 bits per heavy atom. The molecule has 1 fully saturated rings. The highest BCUT2D eigenvalue weighted by molar-refractivity contribution is 8.24. The summed E-state index contributed by atoms with van der Waals surface area (Å²) >= 11 is 8.60. The van der Waals surface area contributed by atoms with E-state index in [0.717, 1.165) is 5.56 Å². The minimum Gasteiger partial charge on any atom is -0.292 e. The summed E-state index contributed by atoms with van der Waals surface area (Å²) in [4.78, 5) is 19.7. The number of hydrogen-bond acceptors (Lipinski definition) is 5. The molecule has 0 spiro atoms. The van der Waals surface area contributed by atoms with Crippen LogP contribution in [0.2, 0.25) is 0 Å². The molecule has 1 amide bonds. The molecular weight excluding hydrogens is 344 g/mol. The molecule has 0 saturated carbocycles. The smallest absolute Gasteiger partial charge is 0.242 e. The van der Waals surface area contributed by atoms with E-state index in [-0.39, 0.29) is 11.2 Å². The molecule has 0 unspecified atom stereocenters. The van der Waals surface area contributed by atoms with Gasteiger partial charge in [0.1, 0.15) is 4.32 Å². The van der Waals surface area contributed by atoms with Crippen LogP contribution in [0.15, 0.2) is 53.7 Å². The molecule has 1 aromatic carbocycles. The average molecular weight is 361 g/mol. The Hall–Kier alpha value is -1.37. The Labute approximate surface area is 149 Å². The van der Waals surface area contributed by atoms with Crippen LogP contribution in [0.25, 0.3) is 0 Å². The van der Waals surface area contributed by atoms with Crippen LogP contribution < -0.4 is 0 Å². The van der Waals surface area contributed by atoms with Gasteiger partial charge in [-0.1, -0.05) is 42.2 Å². The SMILES string of the molecule is CSc1ccc(C[C@H]2SC(=S)N(Cc3cccnc3)C2=O)cc1. The largest absolute Gasteiger partial charge is 0.292 e. The van der Waals surface area contributed by atoms with Crippen molar-refractivity contribution in [3.05, 3.63) is 59.9 Å². The Bertz CT molecular complexity index is 704. The topological polar surface area (TPSA) is 33.2 Å². The zero-order valence-corrected chi connectivity index (χ0v) is 15.1. The zero-order chi connectivity index (χ0) is 16.2. The van der Waals surface area contributed by atoms with Gasteiger partial charge in [0.15, 0.2) is 0 Å². The van der Waals surface area contributed by atoms with Crippen molar-refractivity contribution in [1.29, 1.82) is 0 Å². The predicted octanol–water partition coefficient (Wildman–Crippen LogP) is 3.78. The van der Waals surface area contributed by atoms with Gasteiger partial charge < -0.3 is 0 Å². The van der Waals surface area contributed by atoms with Crippen molar-refractivity contribution in [3.8, 4) is 0 Å². The highest BCUT2D eigenvalue weighted by Gasteiger charge is 2.36. The van der Waals surface area contributed by atoms with Crippen molar-refractivity contribution < 1.29 is 4.79 Å². The van der Waals surface area contributed by atoms with E-state index in [1.807, 2.05) is 12.1 Å². The fraction of sp³-hybridized carbons (Fsp3) is 0.235. The van der Waals surface area contributed by atoms with Gasteiger partial charge in [-0.15, -0.1) is 11.8 Å². The first-order chi connectivity index (χ1) is 11.2.